The van der Waals surface area contributed by atoms with Gasteiger partial charge in [-0.25, -0.2) is 0 Å². The van der Waals surface area contributed by atoms with E-state index in [2.05, 4.69) is 5.32 Å². The Morgan fingerprint density at radius 2 is 2.25 bits per heavy atom. The molecule has 12 heavy (non-hydrogen) atoms. The summed E-state index contributed by atoms with van der Waals surface area (Å²) in [5.74, 6) is 0.197. The maximum atomic E-state index is 11.5. The summed E-state index contributed by atoms with van der Waals surface area (Å²) >= 11 is 0. The first-order chi connectivity index (χ1) is 5.61. The highest BCUT2D eigenvalue weighted by atomic mass is 16.5. The van der Waals surface area contributed by atoms with E-state index in [-0.39, 0.29) is 24.0 Å². The molecule has 1 aliphatic rings. The van der Waals surface area contributed by atoms with Crippen LogP contribution in [0.15, 0.2) is 0 Å². The minimum atomic E-state index is 0.0624. The summed E-state index contributed by atoms with van der Waals surface area (Å²) in [6, 6.07) is 0.227. The minimum absolute atomic E-state index is 0.0624. The number of rotatable bonds is 2. The van der Waals surface area contributed by atoms with Crippen LogP contribution in [0.4, 0.5) is 0 Å². The fraction of sp³-hybridized carbons (Fsp3) is 0.889. The van der Waals surface area contributed by atoms with Crippen LogP contribution in [0.3, 0.4) is 0 Å². The Labute approximate surface area is 73.5 Å². The molecule has 1 heterocycles. The van der Waals surface area contributed by atoms with Gasteiger partial charge in [0.25, 0.3) is 0 Å². The second kappa shape index (κ2) is 3.90. The quantitative estimate of drug-likeness (QED) is 0.671. The first-order valence-electron chi connectivity index (χ1n) is 4.53. The van der Waals surface area contributed by atoms with E-state index >= 15 is 0 Å². The van der Waals surface area contributed by atoms with Crippen LogP contribution in [0.1, 0.15) is 27.2 Å². The maximum Gasteiger partial charge on any atom is 0.226 e. The van der Waals surface area contributed by atoms with Crippen molar-refractivity contribution in [1.29, 1.82) is 0 Å². The van der Waals surface area contributed by atoms with Crippen LogP contribution >= 0.6 is 0 Å². The second-order valence-corrected chi connectivity index (χ2v) is 3.63. The first kappa shape index (κ1) is 9.52. The largest absolute Gasteiger partial charge is 0.378 e. The molecule has 0 bridgehead atoms. The van der Waals surface area contributed by atoms with Crippen molar-refractivity contribution in [2.24, 2.45) is 5.92 Å². The van der Waals surface area contributed by atoms with Crippen LogP contribution < -0.4 is 5.32 Å². The Bertz CT molecular complexity index is 168. The Morgan fingerprint density at radius 1 is 1.58 bits per heavy atom. The highest BCUT2D eigenvalue weighted by Gasteiger charge is 2.30. The van der Waals surface area contributed by atoms with E-state index in [4.69, 9.17) is 4.74 Å². The second-order valence-electron chi connectivity index (χ2n) is 3.63. The number of carbonyl (C=O) groups excluding carboxylic acids is 1. The fourth-order valence-corrected chi connectivity index (χ4v) is 1.47. The van der Waals surface area contributed by atoms with Gasteiger partial charge in [-0.15, -0.1) is 0 Å². The summed E-state index contributed by atoms with van der Waals surface area (Å²) < 4.78 is 5.31. The molecule has 3 nitrogen and oxygen atoms in total. The third-order valence-corrected chi connectivity index (χ3v) is 2.14. The van der Waals surface area contributed by atoms with Crippen LogP contribution in [0.25, 0.3) is 0 Å². The number of ether oxygens (including phenoxy) is 1. The predicted octanol–water partition coefficient (Wildman–Crippen LogP) is 0.936. The molecule has 0 aliphatic carbocycles. The van der Waals surface area contributed by atoms with Gasteiger partial charge in [0.1, 0.15) is 0 Å². The molecule has 1 rings (SSSR count). The number of carbonyl (C=O) groups is 1. The molecule has 0 radical (unpaired) electrons. The van der Waals surface area contributed by atoms with E-state index in [1.165, 1.54) is 0 Å². The summed E-state index contributed by atoms with van der Waals surface area (Å²) in [5.41, 5.74) is 0. The van der Waals surface area contributed by atoms with Gasteiger partial charge in [0.15, 0.2) is 0 Å². The molecule has 3 heteroatoms. The Balaban J connectivity index is 2.41. The molecule has 1 saturated heterocycles. The Hall–Kier alpha value is -0.570. The van der Waals surface area contributed by atoms with Gasteiger partial charge in [0, 0.05) is 12.6 Å². The normalized spacial score (nSPS) is 29.3. The minimum Gasteiger partial charge on any atom is -0.378 e. The van der Waals surface area contributed by atoms with Gasteiger partial charge >= 0.3 is 0 Å². The third kappa shape index (κ3) is 2.21. The Kier molecular flexibility index (Phi) is 3.09. The first-order valence-corrected chi connectivity index (χ1v) is 4.53. The lowest BCUT2D eigenvalue weighted by Crippen LogP contribution is -2.38. The summed E-state index contributed by atoms with van der Waals surface area (Å²) in [6.45, 7) is 6.62. The van der Waals surface area contributed by atoms with Crippen molar-refractivity contribution in [2.45, 2.75) is 39.3 Å². The molecule has 2 atom stereocenters. The summed E-state index contributed by atoms with van der Waals surface area (Å²) in [5, 5.41) is 2.90. The van der Waals surface area contributed by atoms with E-state index in [0.717, 1.165) is 13.0 Å². The molecule has 1 fully saturated rings. The molecule has 1 aliphatic heterocycles. The lowest BCUT2D eigenvalue weighted by atomic mass is 10.0. The lowest BCUT2D eigenvalue weighted by molar-refractivity contribution is -0.126. The predicted molar refractivity (Wildman–Crippen MR) is 46.8 cm³/mol. The molecule has 1 N–H and O–H groups in total. The van der Waals surface area contributed by atoms with Crippen molar-refractivity contribution < 1.29 is 9.53 Å². The molecule has 0 aromatic heterocycles. The number of amides is 1. The highest BCUT2D eigenvalue weighted by Crippen LogP contribution is 2.20. The molecule has 0 saturated carbocycles. The summed E-state index contributed by atoms with van der Waals surface area (Å²) in [7, 11) is 0. The van der Waals surface area contributed by atoms with Crippen LogP contribution in [0.2, 0.25) is 0 Å². The van der Waals surface area contributed by atoms with E-state index < -0.39 is 0 Å². The van der Waals surface area contributed by atoms with Crippen LogP contribution in [0, 0.1) is 5.92 Å². The van der Waals surface area contributed by atoms with Crippen LogP contribution in [-0.4, -0.2) is 24.7 Å². The van der Waals surface area contributed by atoms with Gasteiger partial charge in [-0.3, -0.25) is 4.79 Å². The zero-order valence-electron chi connectivity index (χ0n) is 7.96. The summed E-state index contributed by atoms with van der Waals surface area (Å²) in [4.78, 5) is 11.5. The molecule has 1 amide bonds. The average molecular weight is 171 g/mol. The van der Waals surface area contributed by atoms with Crippen LogP contribution in [0.5, 0.6) is 0 Å². The zero-order valence-corrected chi connectivity index (χ0v) is 7.96. The average Bonchev–Trinajstić information content (AvgIpc) is 2.33. The molecular weight excluding hydrogens is 154 g/mol. The SMILES string of the molecule is CC(C)NC(=O)C1CCOC1C. The number of hydrogen-bond acceptors (Lipinski definition) is 2. The van der Waals surface area contributed by atoms with Gasteiger partial charge in [0.2, 0.25) is 5.91 Å². The highest BCUT2D eigenvalue weighted by molar-refractivity contribution is 5.79. The van der Waals surface area contributed by atoms with Gasteiger partial charge in [-0.05, 0) is 27.2 Å². The molecule has 70 valence electrons. The standard InChI is InChI=1S/C9H17NO2/c1-6(2)10-9(11)8-4-5-12-7(8)3/h6-8H,4-5H2,1-3H3,(H,10,11). The molecular formula is C9H17NO2. The Morgan fingerprint density at radius 3 is 2.67 bits per heavy atom. The van der Waals surface area contributed by atoms with Gasteiger partial charge in [-0.2, -0.15) is 0 Å². The van der Waals surface area contributed by atoms with E-state index in [1.807, 2.05) is 20.8 Å². The van der Waals surface area contributed by atoms with Crippen molar-refractivity contribution in [3.05, 3.63) is 0 Å². The van der Waals surface area contributed by atoms with Crippen molar-refractivity contribution >= 4 is 5.91 Å². The number of hydrogen-bond donors (Lipinski definition) is 1. The van der Waals surface area contributed by atoms with E-state index in [0.29, 0.717) is 0 Å². The van der Waals surface area contributed by atoms with Crippen molar-refractivity contribution in [2.75, 3.05) is 6.61 Å². The fourth-order valence-electron chi connectivity index (χ4n) is 1.47. The maximum absolute atomic E-state index is 11.5. The zero-order chi connectivity index (χ0) is 9.14. The lowest BCUT2D eigenvalue weighted by Gasteiger charge is -2.15. The topological polar surface area (TPSA) is 38.3 Å². The van der Waals surface area contributed by atoms with Crippen molar-refractivity contribution in [3.8, 4) is 0 Å². The number of nitrogens with one attached hydrogen (secondary N) is 1. The third-order valence-electron chi connectivity index (χ3n) is 2.14. The molecule has 2 unspecified atom stereocenters. The molecule has 0 spiro atoms. The molecule has 0 aromatic rings. The van der Waals surface area contributed by atoms with E-state index in [9.17, 15) is 4.79 Å². The van der Waals surface area contributed by atoms with Crippen LogP contribution in [-0.2, 0) is 9.53 Å². The smallest absolute Gasteiger partial charge is 0.226 e. The van der Waals surface area contributed by atoms with E-state index in [1.54, 1.807) is 0 Å². The van der Waals surface area contributed by atoms with Gasteiger partial charge in [-0.1, -0.05) is 0 Å². The molecule has 0 aromatic carbocycles. The summed E-state index contributed by atoms with van der Waals surface area (Å²) in [6.07, 6.45) is 0.948. The van der Waals surface area contributed by atoms with Crippen molar-refractivity contribution in [3.63, 3.8) is 0 Å². The van der Waals surface area contributed by atoms with Gasteiger partial charge < -0.3 is 10.1 Å². The van der Waals surface area contributed by atoms with Gasteiger partial charge in [0.05, 0.1) is 12.0 Å². The van der Waals surface area contributed by atoms with Crippen molar-refractivity contribution in [1.82, 2.24) is 5.32 Å². The monoisotopic (exact) mass is 171 g/mol.